The zero-order valence-corrected chi connectivity index (χ0v) is 13.8. The first-order valence-corrected chi connectivity index (χ1v) is 7.29. The minimum Gasteiger partial charge on any atom is -0.443 e. The molecule has 6 nitrogen and oxygen atoms in total. The van der Waals surface area contributed by atoms with Crippen molar-refractivity contribution >= 4 is 12.2 Å². The summed E-state index contributed by atoms with van der Waals surface area (Å²) in [6, 6.07) is 0. The van der Waals surface area contributed by atoms with Crippen molar-refractivity contribution in [2.75, 3.05) is 6.54 Å². The Hall–Kier alpha value is -1.30. The highest BCUT2D eigenvalue weighted by molar-refractivity contribution is 5.88. The Bertz CT molecular complexity index is 360. The summed E-state index contributed by atoms with van der Waals surface area (Å²) < 4.78 is 10.5. The van der Waals surface area contributed by atoms with Crippen LogP contribution in [0.2, 0.25) is 0 Å². The number of imide groups is 1. The molecule has 0 aromatic rings. The smallest absolute Gasteiger partial charge is 0.419 e. The SMILES string of the molecule is CC(C)(C)OC(=O)N(CC1CC(O)C1)C(=O)OC(C)(C)C. The van der Waals surface area contributed by atoms with E-state index in [-0.39, 0.29) is 18.6 Å². The summed E-state index contributed by atoms with van der Waals surface area (Å²) in [5.41, 5.74) is -1.37. The number of amides is 2. The molecular weight excluding hydrogens is 274 g/mol. The predicted octanol–water partition coefficient (Wildman–Crippen LogP) is 2.93. The lowest BCUT2D eigenvalue weighted by Crippen LogP contribution is -2.48. The summed E-state index contributed by atoms with van der Waals surface area (Å²) in [5, 5.41) is 9.33. The maximum absolute atomic E-state index is 12.2. The third-order valence-electron chi connectivity index (χ3n) is 2.88. The molecule has 0 heterocycles. The first-order chi connectivity index (χ1) is 9.37. The second kappa shape index (κ2) is 6.22. The third-order valence-corrected chi connectivity index (χ3v) is 2.88. The Morgan fingerprint density at radius 1 is 1.00 bits per heavy atom. The fourth-order valence-corrected chi connectivity index (χ4v) is 1.97. The first kappa shape index (κ1) is 17.8. The van der Waals surface area contributed by atoms with Crippen LogP contribution >= 0.6 is 0 Å². The largest absolute Gasteiger partial charge is 0.443 e. The van der Waals surface area contributed by atoms with E-state index < -0.39 is 23.4 Å². The Balaban J connectivity index is 2.73. The zero-order chi connectivity index (χ0) is 16.4. The van der Waals surface area contributed by atoms with Crippen LogP contribution in [0.25, 0.3) is 0 Å². The van der Waals surface area contributed by atoms with Crippen molar-refractivity contribution in [3.8, 4) is 0 Å². The molecule has 0 atom stereocenters. The van der Waals surface area contributed by atoms with Crippen LogP contribution < -0.4 is 0 Å². The van der Waals surface area contributed by atoms with E-state index in [1.165, 1.54) is 0 Å². The fourth-order valence-electron chi connectivity index (χ4n) is 1.97. The molecule has 1 saturated carbocycles. The summed E-state index contributed by atoms with van der Waals surface area (Å²) in [6.07, 6.45) is -0.588. The number of nitrogens with zero attached hydrogens (tertiary/aromatic N) is 1. The predicted molar refractivity (Wildman–Crippen MR) is 77.9 cm³/mol. The molecule has 21 heavy (non-hydrogen) atoms. The summed E-state index contributed by atoms with van der Waals surface area (Å²) in [4.78, 5) is 25.4. The topological polar surface area (TPSA) is 76.1 Å². The normalized spacial score (nSPS) is 22.2. The first-order valence-electron chi connectivity index (χ1n) is 7.29. The molecule has 0 radical (unpaired) electrons. The van der Waals surface area contributed by atoms with E-state index in [1.807, 2.05) is 0 Å². The van der Waals surface area contributed by atoms with Crippen molar-refractivity contribution in [1.29, 1.82) is 0 Å². The van der Waals surface area contributed by atoms with Crippen molar-refractivity contribution in [1.82, 2.24) is 4.90 Å². The van der Waals surface area contributed by atoms with Crippen molar-refractivity contribution in [3.63, 3.8) is 0 Å². The average Bonchev–Trinajstić information content (AvgIpc) is 2.16. The average molecular weight is 301 g/mol. The van der Waals surface area contributed by atoms with E-state index >= 15 is 0 Å². The van der Waals surface area contributed by atoms with Crippen LogP contribution in [-0.4, -0.2) is 46.0 Å². The third kappa shape index (κ3) is 6.33. The van der Waals surface area contributed by atoms with Gasteiger partial charge in [0.1, 0.15) is 11.2 Å². The molecule has 1 aliphatic carbocycles. The second-order valence-corrected chi connectivity index (χ2v) is 7.56. The van der Waals surface area contributed by atoms with Crippen molar-refractivity contribution in [3.05, 3.63) is 0 Å². The van der Waals surface area contributed by atoms with Crippen LogP contribution in [0.3, 0.4) is 0 Å². The molecule has 2 amide bonds. The fraction of sp³-hybridized carbons (Fsp3) is 0.867. The highest BCUT2D eigenvalue weighted by Crippen LogP contribution is 2.29. The van der Waals surface area contributed by atoms with Crippen LogP contribution in [0.5, 0.6) is 0 Å². The van der Waals surface area contributed by atoms with Gasteiger partial charge in [-0.25, -0.2) is 14.5 Å². The highest BCUT2D eigenvalue weighted by Gasteiger charge is 2.36. The maximum atomic E-state index is 12.2. The van der Waals surface area contributed by atoms with E-state index in [1.54, 1.807) is 41.5 Å². The van der Waals surface area contributed by atoms with Gasteiger partial charge in [-0.2, -0.15) is 0 Å². The van der Waals surface area contributed by atoms with Gasteiger partial charge in [-0.05, 0) is 60.3 Å². The number of aliphatic hydroxyl groups excluding tert-OH is 1. The molecule has 1 fully saturated rings. The monoisotopic (exact) mass is 301 g/mol. The lowest BCUT2D eigenvalue weighted by molar-refractivity contribution is -0.0165. The van der Waals surface area contributed by atoms with Gasteiger partial charge in [0.2, 0.25) is 0 Å². The molecule has 0 unspecified atom stereocenters. The Labute approximate surface area is 126 Å². The van der Waals surface area contributed by atoms with Crippen LogP contribution in [0.4, 0.5) is 9.59 Å². The zero-order valence-electron chi connectivity index (χ0n) is 13.8. The van der Waals surface area contributed by atoms with E-state index in [2.05, 4.69) is 0 Å². The van der Waals surface area contributed by atoms with Gasteiger partial charge in [-0.15, -0.1) is 0 Å². The number of hydrogen-bond acceptors (Lipinski definition) is 5. The number of ether oxygens (including phenoxy) is 2. The number of carbonyl (C=O) groups is 2. The van der Waals surface area contributed by atoms with Crippen LogP contribution in [0.1, 0.15) is 54.4 Å². The van der Waals surface area contributed by atoms with Crippen molar-refractivity contribution in [2.45, 2.75) is 71.7 Å². The van der Waals surface area contributed by atoms with Gasteiger partial charge in [0, 0.05) is 6.54 Å². The molecule has 0 spiro atoms. The van der Waals surface area contributed by atoms with Gasteiger partial charge in [-0.1, -0.05) is 0 Å². The van der Waals surface area contributed by atoms with Gasteiger partial charge < -0.3 is 14.6 Å². The summed E-state index contributed by atoms with van der Waals surface area (Å²) >= 11 is 0. The van der Waals surface area contributed by atoms with Gasteiger partial charge in [0.25, 0.3) is 0 Å². The number of carbonyl (C=O) groups excluding carboxylic acids is 2. The standard InChI is InChI=1S/C15H27NO5/c1-14(2,3)20-12(18)16(9-10-7-11(17)8-10)13(19)21-15(4,5)6/h10-11,17H,7-9H2,1-6H3. The summed E-state index contributed by atoms with van der Waals surface area (Å²) in [7, 11) is 0. The summed E-state index contributed by atoms with van der Waals surface area (Å²) in [5.74, 6) is 0.0973. The Kier molecular flexibility index (Phi) is 5.25. The van der Waals surface area contributed by atoms with E-state index in [0.717, 1.165) is 4.90 Å². The molecule has 0 bridgehead atoms. The second-order valence-electron chi connectivity index (χ2n) is 7.56. The van der Waals surface area contributed by atoms with Crippen LogP contribution in [0.15, 0.2) is 0 Å². The molecule has 0 aliphatic heterocycles. The number of aliphatic hydroxyl groups is 1. The molecule has 1 N–H and O–H groups in total. The molecule has 0 saturated heterocycles. The Morgan fingerprint density at radius 3 is 1.67 bits per heavy atom. The van der Waals surface area contributed by atoms with Crippen LogP contribution in [-0.2, 0) is 9.47 Å². The van der Waals surface area contributed by atoms with E-state index in [4.69, 9.17) is 9.47 Å². The Morgan fingerprint density at radius 2 is 1.38 bits per heavy atom. The molecule has 6 heteroatoms. The van der Waals surface area contributed by atoms with Gasteiger partial charge in [0.05, 0.1) is 6.10 Å². The maximum Gasteiger partial charge on any atom is 0.419 e. The molecule has 122 valence electrons. The van der Waals surface area contributed by atoms with Crippen molar-refractivity contribution < 1.29 is 24.2 Å². The molecule has 1 rings (SSSR count). The number of rotatable bonds is 2. The number of hydrogen-bond donors (Lipinski definition) is 1. The quantitative estimate of drug-likeness (QED) is 0.848. The van der Waals surface area contributed by atoms with Crippen molar-refractivity contribution in [2.24, 2.45) is 5.92 Å². The summed E-state index contributed by atoms with van der Waals surface area (Å²) in [6.45, 7) is 10.7. The molecule has 0 aromatic carbocycles. The molecule has 1 aliphatic rings. The minimum absolute atomic E-state index is 0.0973. The molecular formula is C15H27NO5. The minimum atomic E-state index is -0.710. The highest BCUT2D eigenvalue weighted by atomic mass is 16.6. The lowest BCUT2D eigenvalue weighted by Gasteiger charge is -2.36. The van der Waals surface area contributed by atoms with Crippen LogP contribution in [0, 0.1) is 5.92 Å². The van der Waals surface area contributed by atoms with Gasteiger partial charge in [0.15, 0.2) is 0 Å². The van der Waals surface area contributed by atoms with E-state index in [9.17, 15) is 14.7 Å². The van der Waals surface area contributed by atoms with Gasteiger partial charge in [-0.3, -0.25) is 0 Å². The lowest BCUT2D eigenvalue weighted by atomic mass is 9.82. The molecule has 0 aromatic heterocycles. The van der Waals surface area contributed by atoms with Gasteiger partial charge >= 0.3 is 12.2 Å². The van der Waals surface area contributed by atoms with E-state index in [0.29, 0.717) is 12.8 Å².